The van der Waals surface area contributed by atoms with Crippen LogP contribution in [-0.4, -0.2) is 17.8 Å². The van der Waals surface area contributed by atoms with Gasteiger partial charge in [0, 0.05) is 23.3 Å². The Bertz CT molecular complexity index is 646. The molecule has 0 radical (unpaired) electrons. The lowest BCUT2D eigenvalue weighted by Gasteiger charge is -2.15. The number of nitriles is 1. The third-order valence-corrected chi connectivity index (χ3v) is 3.97. The monoisotopic (exact) mass is 316 g/mol. The highest BCUT2D eigenvalue weighted by molar-refractivity contribution is 7.10. The minimum absolute atomic E-state index is 0.110. The van der Waals surface area contributed by atoms with Crippen LogP contribution < -0.4 is 10.1 Å². The van der Waals surface area contributed by atoms with Crippen molar-refractivity contribution in [3.05, 3.63) is 51.7 Å². The van der Waals surface area contributed by atoms with Crippen LogP contribution in [0.5, 0.6) is 5.75 Å². The second kappa shape index (κ2) is 7.95. The summed E-state index contributed by atoms with van der Waals surface area (Å²) in [7, 11) is 0. The molecule has 1 aromatic carbocycles. The molecular formula is C17H20N2O2S. The molecule has 0 amide bonds. The minimum atomic E-state index is -0.592. The van der Waals surface area contributed by atoms with E-state index in [0.29, 0.717) is 18.7 Å². The van der Waals surface area contributed by atoms with Crippen LogP contribution in [0.3, 0.4) is 0 Å². The molecule has 1 atom stereocenters. The summed E-state index contributed by atoms with van der Waals surface area (Å²) in [6.07, 6.45) is -0.482. The van der Waals surface area contributed by atoms with Crippen LogP contribution in [0.1, 0.15) is 36.0 Å². The molecule has 1 heterocycles. The average molecular weight is 316 g/mol. The van der Waals surface area contributed by atoms with E-state index in [1.807, 2.05) is 49.6 Å². The first-order chi connectivity index (χ1) is 10.6. The lowest BCUT2D eigenvalue weighted by Crippen LogP contribution is -2.20. The van der Waals surface area contributed by atoms with E-state index in [1.165, 1.54) is 0 Å². The van der Waals surface area contributed by atoms with E-state index in [9.17, 15) is 5.11 Å². The second-order valence-electron chi connectivity index (χ2n) is 5.30. The number of hydrogen-bond donors (Lipinski definition) is 2. The van der Waals surface area contributed by atoms with Gasteiger partial charge in [-0.1, -0.05) is 12.1 Å². The SMILES string of the molecule is CC(C)Oc1cccc(C(O)CNCc2cc(C#N)cs2)c1. The molecule has 1 aromatic heterocycles. The van der Waals surface area contributed by atoms with Gasteiger partial charge in [-0.2, -0.15) is 5.26 Å². The highest BCUT2D eigenvalue weighted by Crippen LogP contribution is 2.20. The zero-order valence-electron chi connectivity index (χ0n) is 12.7. The van der Waals surface area contributed by atoms with Crippen molar-refractivity contribution < 1.29 is 9.84 Å². The molecular weight excluding hydrogens is 296 g/mol. The smallest absolute Gasteiger partial charge is 0.120 e. The van der Waals surface area contributed by atoms with Gasteiger partial charge in [-0.15, -0.1) is 11.3 Å². The molecule has 0 aliphatic rings. The molecule has 4 nitrogen and oxygen atoms in total. The number of nitrogens with zero attached hydrogens (tertiary/aromatic N) is 1. The van der Waals surface area contributed by atoms with Crippen LogP contribution >= 0.6 is 11.3 Å². The summed E-state index contributed by atoms with van der Waals surface area (Å²) < 4.78 is 5.63. The molecule has 116 valence electrons. The zero-order valence-corrected chi connectivity index (χ0v) is 13.6. The summed E-state index contributed by atoms with van der Waals surface area (Å²) in [6, 6.07) is 11.5. The van der Waals surface area contributed by atoms with E-state index in [2.05, 4.69) is 11.4 Å². The average Bonchev–Trinajstić information content (AvgIpc) is 2.94. The van der Waals surface area contributed by atoms with Gasteiger partial charge < -0.3 is 15.2 Å². The summed E-state index contributed by atoms with van der Waals surface area (Å²) in [5, 5.41) is 24.1. The first-order valence-electron chi connectivity index (χ1n) is 7.21. The molecule has 0 spiro atoms. The van der Waals surface area contributed by atoms with Gasteiger partial charge in [0.05, 0.1) is 17.8 Å². The number of hydrogen-bond acceptors (Lipinski definition) is 5. The molecule has 0 saturated carbocycles. The standard InChI is InChI=1S/C17H20N2O2S/c1-12(2)21-15-5-3-4-14(7-15)17(20)10-19-9-16-6-13(8-18)11-22-16/h3-7,11-12,17,19-20H,9-10H2,1-2H3. The van der Waals surface area contributed by atoms with Gasteiger partial charge in [0.2, 0.25) is 0 Å². The van der Waals surface area contributed by atoms with E-state index in [-0.39, 0.29) is 6.10 Å². The molecule has 5 heteroatoms. The lowest BCUT2D eigenvalue weighted by atomic mass is 10.1. The Labute approximate surface area is 135 Å². The van der Waals surface area contributed by atoms with Crippen molar-refractivity contribution in [1.29, 1.82) is 5.26 Å². The molecule has 0 aliphatic heterocycles. The predicted octanol–water partition coefficient (Wildman–Crippen LogP) is 3.23. The highest BCUT2D eigenvalue weighted by atomic mass is 32.1. The summed E-state index contributed by atoms with van der Waals surface area (Å²) in [4.78, 5) is 1.08. The molecule has 0 fully saturated rings. The van der Waals surface area contributed by atoms with E-state index in [0.717, 1.165) is 16.2 Å². The number of thiophene rings is 1. The minimum Gasteiger partial charge on any atom is -0.491 e. The maximum Gasteiger partial charge on any atom is 0.120 e. The van der Waals surface area contributed by atoms with Crippen LogP contribution in [0.4, 0.5) is 0 Å². The number of rotatable bonds is 7. The first kappa shape index (κ1) is 16.5. The number of benzene rings is 1. The first-order valence-corrected chi connectivity index (χ1v) is 8.09. The van der Waals surface area contributed by atoms with Gasteiger partial charge in [0.15, 0.2) is 0 Å². The van der Waals surface area contributed by atoms with Crippen molar-refractivity contribution in [2.45, 2.75) is 32.6 Å². The van der Waals surface area contributed by atoms with Crippen LogP contribution in [-0.2, 0) is 6.54 Å². The fourth-order valence-corrected chi connectivity index (χ4v) is 2.83. The van der Waals surface area contributed by atoms with E-state index >= 15 is 0 Å². The zero-order chi connectivity index (χ0) is 15.9. The molecule has 2 N–H and O–H groups in total. The Morgan fingerprint density at radius 2 is 2.18 bits per heavy atom. The van der Waals surface area contributed by atoms with E-state index in [1.54, 1.807) is 11.3 Å². The number of nitrogens with one attached hydrogen (secondary N) is 1. The fourth-order valence-electron chi connectivity index (χ4n) is 2.05. The van der Waals surface area contributed by atoms with Crippen LogP contribution in [0.15, 0.2) is 35.7 Å². The number of ether oxygens (including phenoxy) is 1. The third-order valence-electron chi connectivity index (χ3n) is 3.03. The van der Waals surface area contributed by atoms with Crippen molar-refractivity contribution in [3.63, 3.8) is 0 Å². The van der Waals surface area contributed by atoms with Crippen LogP contribution in [0.2, 0.25) is 0 Å². The Morgan fingerprint density at radius 1 is 1.36 bits per heavy atom. The maximum absolute atomic E-state index is 10.2. The van der Waals surface area contributed by atoms with Gasteiger partial charge >= 0.3 is 0 Å². The van der Waals surface area contributed by atoms with Gasteiger partial charge in [0.25, 0.3) is 0 Å². The summed E-state index contributed by atoms with van der Waals surface area (Å²) in [5.41, 5.74) is 1.51. The van der Waals surface area contributed by atoms with Crippen LogP contribution in [0.25, 0.3) is 0 Å². The van der Waals surface area contributed by atoms with Crippen molar-refractivity contribution in [3.8, 4) is 11.8 Å². The predicted molar refractivity (Wildman–Crippen MR) is 87.9 cm³/mol. The Balaban J connectivity index is 1.86. The van der Waals surface area contributed by atoms with Gasteiger partial charge in [-0.05, 0) is 37.6 Å². The number of aliphatic hydroxyl groups is 1. The van der Waals surface area contributed by atoms with Crippen LogP contribution in [0, 0.1) is 11.3 Å². The van der Waals surface area contributed by atoms with Gasteiger partial charge in [0.1, 0.15) is 11.8 Å². The highest BCUT2D eigenvalue weighted by Gasteiger charge is 2.09. The molecule has 0 bridgehead atoms. The second-order valence-corrected chi connectivity index (χ2v) is 6.30. The largest absolute Gasteiger partial charge is 0.491 e. The van der Waals surface area contributed by atoms with Crippen molar-refractivity contribution in [2.75, 3.05) is 6.54 Å². The molecule has 1 unspecified atom stereocenters. The maximum atomic E-state index is 10.2. The van der Waals surface area contributed by atoms with Gasteiger partial charge in [-0.3, -0.25) is 0 Å². The Hall–Kier alpha value is -1.87. The molecule has 2 aromatic rings. The lowest BCUT2D eigenvalue weighted by molar-refractivity contribution is 0.173. The van der Waals surface area contributed by atoms with E-state index in [4.69, 9.17) is 10.00 Å². The topological polar surface area (TPSA) is 65.3 Å². The quantitative estimate of drug-likeness (QED) is 0.823. The molecule has 2 rings (SSSR count). The molecule has 0 aliphatic carbocycles. The Kier molecular flexibility index (Phi) is 5.96. The Morgan fingerprint density at radius 3 is 2.86 bits per heavy atom. The summed E-state index contributed by atoms with van der Waals surface area (Å²) in [6.45, 7) is 5.04. The molecule has 22 heavy (non-hydrogen) atoms. The fraction of sp³-hybridized carbons (Fsp3) is 0.353. The summed E-state index contributed by atoms with van der Waals surface area (Å²) >= 11 is 1.54. The van der Waals surface area contributed by atoms with Crippen molar-refractivity contribution >= 4 is 11.3 Å². The van der Waals surface area contributed by atoms with Crippen molar-refractivity contribution in [2.24, 2.45) is 0 Å². The summed E-state index contributed by atoms with van der Waals surface area (Å²) in [5.74, 6) is 0.767. The third kappa shape index (κ3) is 4.85. The van der Waals surface area contributed by atoms with Gasteiger partial charge in [-0.25, -0.2) is 0 Å². The van der Waals surface area contributed by atoms with Crippen molar-refractivity contribution in [1.82, 2.24) is 5.32 Å². The normalized spacial score (nSPS) is 12.1. The molecule has 0 saturated heterocycles. The number of aliphatic hydroxyl groups excluding tert-OH is 1. The van der Waals surface area contributed by atoms with E-state index < -0.39 is 6.10 Å².